The topological polar surface area (TPSA) is 76.4 Å². The zero-order chi connectivity index (χ0) is 14.0. The first-order valence-electron chi connectivity index (χ1n) is 6.47. The molecule has 1 aliphatic heterocycles. The fourth-order valence-electron chi connectivity index (χ4n) is 2.30. The van der Waals surface area contributed by atoms with Crippen molar-refractivity contribution in [3.8, 4) is 0 Å². The lowest BCUT2D eigenvalue weighted by molar-refractivity contribution is 0.0727. The molecule has 5 nitrogen and oxygen atoms in total. The second kappa shape index (κ2) is 5.19. The highest BCUT2D eigenvalue weighted by Gasteiger charge is 2.38. The molecule has 0 aliphatic carbocycles. The van der Waals surface area contributed by atoms with Crippen LogP contribution in [0.3, 0.4) is 0 Å². The van der Waals surface area contributed by atoms with Gasteiger partial charge in [0.2, 0.25) is 0 Å². The molecule has 1 aromatic carbocycles. The predicted molar refractivity (Wildman–Crippen MR) is 74.9 cm³/mol. The standard InChI is InChI=1S/C14H21N3O2/c1-9-8-11(4-5-12(9)17-15)13(18)16-14(3)6-7-19-10(14)2/h4-5,8,10,17H,6-7,15H2,1-3H3,(H,16,18). The van der Waals surface area contributed by atoms with E-state index in [9.17, 15) is 4.79 Å². The summed E-state index contributed by atoms with van der Waals surface area (Å²) < 4.78 is 5.52. The fraction of sp³-hybridized carbons (Fsp3) is 0.500. The molecule has 1 amide bonds. The average molecular weight is 263 g/mol. The van der Waals surface area contributed by atoms with Crippen molar-refractivity contribution in [3.63, 3.8) is 0 Å². The van der Waals surface area contributed by atoms with E-state index in [1.807, 2.05) is 26.8 Å². The zero-order valence-electron chi connectivity index (χ0n) is 11.6. The maximum absolute atomic E-state index is 12.3. The van der Waals surface area contributed by atoms with E-state index in [1.54, 1.807) is 12.1 Å². The van der Waals surface area contributed by atoms with Gasteiger partial charge in [0.05, 0.1) is 17.3 Å². The Morgan fingerprint density at radius 3 is 2.79 bits per heavy atom. The van der Waals surface area contributed by atoms with E-state index in [0.29, 0.717) is 12.2 Å². The number of ether oxygens (including phenoxy) is 1. The Morgan fingerprint density at radius 2 is 2.26 bits per heavy atom. The Bertz CT molecular complexity index is 490. The molecule has 104 valence electrons. The van der Waals surface area contributed by atoms with Crippen LogP contribution in [0.1, 0.15) is 36.2 Å². The van der Waals surface area contributed by atoms with Gasteiger partial charge in [-0.15, -0.1) is 0 Å². The van der Waals surface area contributed by atoms with Crippen LogP contribution < -0.4 is 16.6 Å². The van der Waals surface area contributed by atoms with E-state index < -0.39 is 0 Å². The second-order valence-corrected chi connectivity index (χ2v) is 5.31. The van der Waals surface area contributed by atoms with E-state index in [-0.39, 0.29) is 17.6 Å². The molecule has 0 bridgehead atoms. The van der Waals surface area contributed by atoms with Gasteiger partial charge in [-0.25, -0.2) is 0 Å². The van der Waals surface area contributed by atoms with Crippen molar-refractivity contribution in [3.05, 3.63) is 29.3 Å². The normalized spacial score (nSPS) is 26.2. The van der Waals surface area contributed by atoms with Crippen LogP contribution in [0.2, 0.25) is 0 Å². The molecule has 0 aromatic heterocycles. The number of hydrogen-bond donors (Lipinski definition) is 3. The van der Waals surface area contributed by atoms with Gasteiger partial charge in [-0.3, -0.25) is 10.6 Å². The predicted octanol–water partition coefficient (Wildman–Crippen LogP) is 1.58. The van der Waals surface area contributed by atoms with Gasteiger partial charge in [0.1, 0.15) is 0 Å². The molecule has 0 radical (unpaired) electrons. The minimum Gasteiger partial charge on any atom is -0.376 e. The largest absolute Gasteiger partial charge is 0.376 e. The van der Waals surface area contributed by atoms with Crippen LogP contribution in [0.25, 0.3) is 0 Å². The van der Waals surface area contributed by atoms with Crippen molar-refractivity contribution >= 4 is 11.6 Å². The van der Waals surface area contributed by atoms with Gasteiger partial charge >= 0.3 is 0 Å². The summed E-state index contributed by atoms with van der Waals surface area (Å²) in [6.07, 6.45) is 0.865. The number of nitrogens with one attached hydrogen (secondary N) is 2. The summed E-state index contributed by atoms with van der Waals surface area (Å²) in [7, 11) is 0. The van der Waals surface area contributed by atoms with Gasteiger partial charge in [-0.2, -0.15) is 0 Å². The minimum absolute atomic E-state index is 0.0301. The third-order valence-corrected chi connectivity index (χ3v) is 3.93. The van der Waals surface area contributed by atoms with E-state index in [4.69, 9.17) is 10.6 Å². The van der Waals surface area contributed by atoms with Crippen LogP contribution in [0.15, 0.2) is 18.2 Å². The quantitative estimate of drug-likeness (QED) is 0.571. The first-order chi connectivity index (χ1) is 8.96. The van der Waals surface area contributed by atoms with Crippen molar-refractivity contribution < 1.29 is 9.53 Å². The fourth-order valence-corrected chi connectivity index (χ4v) is 2.30. The number of hydrazine groups is 1. The molecule has 1 aliphatic rings. The van der Waals surface area contributed by atoms with E-state index >= 15 is 0 Å². The third kappa shape index (κ3) is 2.72. The monoisotopic (exact) mass is 263 g/mol. The van der Waals surface area contributed by atoms with Crippen molar-refractivity contribution in [1.29, 1.82) is 0 Å². The number of hydrogen-bond acceptors (Lipinski definition) is 4. The summed E-state index contributed by atoms with van der Waals surface area (Å²) in [5, 5.41) is 3.07. The number of benzene rings is 1. The lowest BCUT2D eigenvalue weighted by atomic mass is 9.94. The molecular formula is C14H21N3O2. The summed E-state index contributed by atoms with van der Waals surface area (Å²) in [6.45, 7) is 6.60. The SMILES string of the molecule is Cc1cc(C(=O)NC2(C)CCOC2C)ccc1NN. The summed E-state index contributed by atoms with van der Waals surface area (Å²) >= 11 is 0. The Labute approximate surface area is 113 Å². The van der Waals surface area contributed by atoms with Gasteiger partial charge in [0.25, 0.3) is 5.91 Å². The number of rotatable bonds is 3. The number of anilines is 1. The van der Waals surface area contributed by atoms with Gasteiger partial charge in [-0.05, 0) is 51.0 Å². The van der Waals surface area contributed by atoms with Crippen LogP contribution >= 0.6 is 0 Å². The van der Waals surface area contributed by atoms with Crippen molar-refractivity contribution in [1.82, 2.24) is 5.32 Å². The first-order valence-corrected chi connectivity index (χ1v) is 6.47. The summed E-state index contributed by atoms with van der Waals surface area (Å²) in [5.74, 6) is 5.30. The van der Waals surface area contributed by atoms with Crippen LogP contribution in [0.5, 0.6) is 0 Å². The number of amides is 1. The lowest BCUT2D eigenvalue weighted by Crippen LogP contribution is -2.50. The highest BCUT2D eigenvalue weighted by molar-refractivity contribution is 5.95. The van der Waals surface area contributed by atoms with Crippen molar-refractivity contribution in [2.75, 3.05) is 12.0 Å². The molecule has 2 rings (SSSR count). The molecule has 0 spiro atoms. The average Bonchev–Trinajstić information content (AvgIpc) is 2.69. The Balaban J connectivity index is 2.14. The Kier molecular flexibility index (Phi) is 3.78. The highest BCUT2D eigenvalue weighted by Crippen LogP contribution is 2.25. The summed E-state index contributed by atoms with van der Waals surface area (Å²) in [5.41, 5.74) is 4.70. The molecule has 2 atom stereocenters. The Hall–Kier alpha value is -1.59. The molecule has 1 aromatic rings. The van der Waals surface area contributed by atoms with Crippen molar-refractivity contribution in [2.45, 2.75) is 38.8 Å². The van der Waals surface area contributed by atoms with Gasteiger partial charge < -0.3 is 15.5 Å². The zero-order valence-corrected chi connectivity index (χ0v) is 11.6. The first kappa shape index (κ1) is 13.8. The molecule has 0 saturated carbocycles. The van der Waals surface area contributed by atoms with Crippen LogP contribution in [-0.2, 0) is 4.74 Å². The Morgan fingerprint density at radius 1 is 1.53 bits per heavy atom. The maximum atomic E-state index is 12.3. The molecule has 5 heteroatoms. The number of nitrogens with two attached hydrogens (primary N) is 1. The summed E-state index contributed by atoms with van der Waals surface area (Å²) in [6, 6.07) is 5.40. The second-order valence-electron chi connectivity index (χ2n) is 5.31. The highest BCUT2D eigenvalue weighted by atomic mass is 16.5. The molecule has 1 heterocycles. The molecule has 1 saturated heterocycles. The smallest absolute Gasteiger partial charge is 0.251 e. The number of carbonyl (C=O) groups excluding carboxylic acids is 1. The van der Waals surface area contributed by atoms with Gasteiger partial charge in [0, 0.05) is 12.2 Å². The minimum atomic E-state index is -0.296. The van der Waals surface area contributed by atoms with E-state index in [0.717, 1.165) is 17.7 Å². The third-order valence-electron chi connectivity index (χ3n) is 3.93. The molecule has 4 N–H and O–H groups in total. The van der Waals surface area contributed by atoms with Crippen molar-refractivity contribution in [2.24, 2.45) is 5.84 Å². The molecule has 2 unspecified atom stereocenters. The molecule has 1 fully saturated rings. The maximum Gasteiger partial charge on any atom is 0.251 e. The number of nitrogen functional groups attached to an aromatic ring is 1. The van der Waals surface area contributed by atoms with Gasteiger partial charge in [-0.1, -0.05) is 0 Å². The van der Waals surface area contributed by atoms with E-state index in [1.165, 1.54) is 0 Å². The summed E-state index contributed by atoms with van der Waals surface area (Å²) in [4.78, 5) is 12.3. The van der Waals surface area contributed by atoms with Crippen LogP contribution in [-0.4, -0.2) is 24.2 Å². The number of carbonyl (C=O) groups is 1. The van der Waals surface area contributed by atoms with Crippen LogP contribution in [0, 0.1) is 6.92 Å². The van der Waals surface area contributed by atoms with E-state index in [2.05, 4.69) is 10.7 Å². The number of aryl methyl sites for hydroxylation is 1. The molecule has 19 heavy (non-hydrogen) atoms. The van der Waals surface area contributed by atoms with Crippen LogP contribution in [0.4, 0.5) is 5.69 Å². The molecular weight excluding hydrogens is 242 g/mol. The lowest BCUT2D eigenvalue weighted by Gasteiger charge is -2.29. The van der Waals surface area contributed by atoms with Gasteiger partial charge in [0.15, 0.2) is 0 Å².